The van der Waals surface area contributed by atoms with Gasteiger partial charge >= 0.3 is 0 Å². The Labute approximate surface area is 95.8 Å². The summed E-state index contributed by atoms with van der Waals surface area (Å²) in [5.41, 5.74) is 2.02. The second kappa shape index (κ2) is 4.66. The van der Waals surface area contributed by atoms with E-state index in [1.807, 2.05) is 38.1 Å². The molecule has 3 heteroatoms. The van der Waals surface area contributed by atoms with Crippen molar-refractivity contribution in [3.05, 3.63) is 29.8 Å². The van der Waals surface area contributed by atoms with Crippen LogP contribution in [-0.4, -0.2) is 18.1 Å². The minimum absolute atomic E-state index is 0.0341. The van der Waals surface area contributed by atoms with Crippen molar-refractivity contribution in [3.63, 3.8) is 0 Å². The number of carbonyl (C=O) groups is 1. The third kappa shape index (κ3) is 2.61. The van der Waals surface area contributed by atoms with Gasteiger partial charge in [0.15, 0.2) is 0 Å². The molecule has 1 aromatic carbocycles. The van der Waals surface area contributed by atoms with Crippen LogP contribution in [0.2, 0.25) is 0 Å². The molecule has 3 nitrogen and oxygen atoms in total. The number of hydrogen-bond donors (Lipinski definition) is 1. The molecule has 2 unspecified atom stereocenters. The summed E-state index contributed by atoms with van der Waals surface area (Å²) in [5.74, 6) is -0.0341. The molecule has 0 radical (unpaired) electrons. The zero-order valence-corrected chi connectivity index (χ0v) is 9.69. The second-order valence-corrected chi connectivity index (χ2v) is 4.37. The van der Waals surface area contributed by atoms with E-state index in [0.29, 0.717) is 0 Å². The highest BCUT2D eigenvalue weighted by Crippen LogP contribution is 2.20. The van der Waals surface area contributed by atoms with Gasteiger partial charge in [-0.2, -0.15) is 0 Å². The molecule has 16 heavy (non-hydrogen) atoms. The lowest BCUT2D eigenvalue weighted by atomic mass is 10.2. The van der Waals surface area contributed by atoms with Crippen molar-refractivity contribution < 1.29 is 9.53 Å². The number of benzene rings is 1. The summed E-state index contributed by atoms with van der Waals surface area (Å²) >= 11 is 0. The first-order chi connectivity index (χ1) is 7.65. The Balaban J connectivity index is 1.94. The molecule has 0 bridgehead atoms. The minimum Gasteiger partial charge on any atom is -0.365 e. The molecule has 1 N–H and O–H groups in total. The number of nitrogens with one attached hydrogen (secondary N) is 1. The van der Waals surface area contributed by atoms with Crippen LogP contribution < -0.4 is 5.32 Å². The molecule has 2 rings (SSSR count). The summed E-state index contributed by atoms with van der Waals surface area (Å²) in [6.45, 7) is 4.02. The number of rotatable bonds is 2. The van der Waals surface area contributed by atoms with E-state index in [0.717, 1.165) is 18.5 Å². The van der Waals surface area contributed by atoms with Gasteiger partial charge in [-0.05, 0) is 38.8 Å². The first kappa shape index (κ1) is 11.1. The monoisotopic (exact) mass is 219 g/mol. The molecular weight excluding hydrogens is 202 g/mol. The van der Waals surface area contributed by atoms with E-state index in [-0.39, 0.29) is 18.1 Å². The number of ether oxygens (including phenoxy) is 1. The van der Waals surface area contributed by atoms with Crippen LogP contribution in [0.4, 0.5) is 5.69 Å². The molecule has 0 aliphatic carbocycles. The molecule has 0 aromatic heterocycles. The van der Waals surface area contributed by atoms with E-state index >= 15 is 0 Å². The average Bonchev–Trinajstić information content (AvgIpc) is 2.68. The lowest BCUT2D eigenvalue weighted by Crippen LogP contribution is -2.27. The summed E-state index contributed by atoms with van der Waals surface area (Å²) in [4.78, 5) is 11.8. The van der Waals surface area contributed by atoms with Crippen molar-refractivity contribution in [1.29, 1.82) is 0 Å². The molecule has 1 saturated heterocycles. The van der Waals surface area contributed by atoms with Gasteiger partial charge in [-0.25, -0.2) is 0 Å². The fourth-order valence-electron chi connectivity index (χ4n) is 1.86. The van der Waals surface area contributed by atoms with Crippen LogP contribution in [-0.2, 0) is 9.53 Å². The number of amides is 1. The summed E-state index contributed by atoms with van der Waals surface area (Å²) < 4.78 is 5.51. The van der Waals surface area contributed by atoms with Crippen molar-refractivity contribution in [2.24, 2.45) is 0 Å². The molecule has 0 spiro atoms. The quantitative estimate of drug-likeness (QED) is 0.830. The highest BCUT2D eigenvalue weighted by atomic mass is 16.5. The predicted molar refractivity (Wildman–Crippen MR) is 63.4 cm³/mol. The van der Waals surface area contributed by atoms with Gasteiger partial charge in [0.25, 0.3) is 5.91 Å². The topological polar surface area (TPSA) is 38.3 Å². The van der Waals surface area contributed by atoms with Gasteiger partial charge in [0, 0.05) is 5.69 Å². The van der Waals surface area contributed by atoms with Crippen molar-refractivity contribution >= 4 is 11.6 Å². The molecule has 1 fully saturated rings. The van der Waals surface area contributed by atoms with Gasteiger partial charge in [0.2, 0.25) is 0 Å². The normalized spacial score (nSPS) is 24.4. The molecular formula is C13H17NO2. The summed E-state index contributed by atoms with van der Waals surface area (Å²) in [6.07, 6.45) is 1.70. The highest BCUT2D eigenvalue weighted by molar-refractivity contribution is 5.94. The molecule has 1 heterocycles. The molecule has 1 amide bonds. The largest absolute Gasteiger partial charge is 0.365 e. The van der Waals surface area contributed by atoms with Crippen molar-refractivity contribution in [1.82, 2.24) is 0 Å². The van der Waals surface area contributed by atoms with Crippen LogP contribution in [0.1, 0.15) is 25.3 Å². The van der Waals surface area contributed by atoms with Crippen LogP contribution in [0.3, 0.4) is 0 Å². The molecule has 86 valence electrons. The summed E-state index contributed by atoms with van der Waals surface area (Å²) in [6, 6.07) is 7.78. The minimum atomic E-state index is -0.281. The van der Waals surface area contributed by atoms with Crippen LogP contribution in [0, 0.1) is 6.92 Å². The fourth-order valence-corrected chi connectivity index (χ4v) is 1.86. The smallest absolute Gasteiger partial charge is 0.253 e. The van der Waals surface area contributed by atoms with Crippen molar-refractivity contribution in [2.45, 2.75) is 38.9 Å². The standard InChI is InChI=1S/C13H17NO2/c1-9-3-6-11(7-4-9)14-13(15)12-8-5-10(2)16-12/h3-4,6-7,10,12H,5,8H2,1-2H3,(H,14,15). The van der Waals surface area contributed by atoms with Crippen LogP contribution in [0.25, 0.3) is 0 Å². The predicted octanol–water partition coefficient (Wildman–Crippen LogP) is 2.50. The second-order valence-electron chi connectivity index (χ2n) is 4.37. The SMILES string of the molecule is Cc1ccc(NC(=O)C2CCC(C)O2)cc1. The first-order valence-corrected chi connectivity index (χ1v) is 5.68. The Hall–Kier alpha value is -1.35. The van der Waals surface area contributed by atoms with E-state index < -0.39 is 0 Å². The number of carbonyl (C=O) groups excluding carboxylic acids is 1. The first-order valence-electron chi connectivity index (χ1n) is 5.68. The van der Waals surface area contributed by atoms with Gasteiger partial charge in [0.1, 0.15) is 6.10 Å². The molecule has 1 aliphatic rings. The lowest BCUT2D eigenvalue weighted by Gasteiger charge is -2.11. The number of hydrogen-bond acceptors (Lipinski definition) is 2. The Morgan fingerprint density at radius 2 is 2.00 bits per heavy atom. The van der Waals surface area contributed by atoms with Crippen LogP contribution in [0.15, 0.2) is 24.3 Å². The van der Waals surface area contributed by atoms with Crippen molar-refractivity contribution in [3.8, 4) is 0 Å². The van der Waals surface area contributed by atoms with E-state index in [1.165, 1.54) is 5.56 Å². The molecule has 1 aromatic rings. The zero-order valence-electron chi connectivity index (χ0n) is 9.69. The molecule has 0 saturated carbocycles. The van der Waals surface area contributed by atoms with E-state index in [9.17, 15) is 4.79 Å². The average molecular weight is 219 g/mol. The van der Waals surface area contributed by atoms with Gasteiger partial charge in [0.05, 0.1) is 6.10 Å². The van der Waals surface area contributed by atoms with E-state index in [4.69, 9.17) is 4.74 Å². The Morgan fingerprint density at radius 1 is 1.31 bits per heavy atom. The third-order valence-corrected chi connectivity index (χ3v) is 2.84. The van der Waals surface area contributed by atoms with Gasteiger partial charge in [-0.1, -0.05) is 17.7 Å². The Kier molecular flexibility index (Phi) is 3.25. The van der Waals surface area contributed by atoms with E-state index in [1.54, 1.807) is 0 Å². The maximum absolute atomic E-state index is 11.8. The Bertz CT molecular complexity index is 372. The van der Waals surface area contributed by atoms with Gasteiger partial charge in [-0.15, -0.1) is 0 Å². The van der Waals surface area contributed by atoms with Gasteiger partial charge < -0.3 is 10.1 Å². The molecule has 2 atom stereocenters. The van der Waals surface area contributed by atoms with Crippen LogP contribution >= 0.6 is 0 Å². The maximum atomic E-state index is 11.8. The van der Waals surface area contributed by atoms with E-state index in [2.05, 4.69) is 5.32 Å². The van der Waals surface area contributed by atoms with Crippen molar-refractivity contribution in [2.75, 3.05) is 5.32 Å². The number of aryl methyl sites for hydroxylation is 1. The Morgan fingerprint density at radius 3 is 2.56 bits per heavy atom. The number of anilines is 1. The van der Waals surface area contributed by atoms with Crippen LogP contribution in [0.5, 0.6) is 0 Å². The lowest BCUT2D eigenvalue weighted by molar-refractivity contribution is -0.126. The molecule has 1 aliphatic heterocycles. The maximum Gasteiger partial charge on any atom is 0.253 e. The van der Waals surface area contributed by atoms with Gasteiger partial charge in [-0.3, -0.25) is 4.79 Å². The highest BCUT2D eigenvalue weighted by Gasteiger charge is 2.27. The summed E-state index contributed by atoms with van der Waals surface area (Å²) in [7, 11) is 0. The zero-order chi connectivity index (χ0) is 11.5. The fraction of sp³-hybridized carbons (Fsp3) is 0.462. The third-order valence-electron chi connectivity index (χ3n) is 2.84. The summed E-state index contributed by atoms with van der Waals surface area (Å²) in [5, 5.41) is 2.87.